The monoisotopic (exact) mass is 408 g/mol. The van der Waals surface area contributed by atoms with E-state index in [1.165, 1.54) is 18.4 Å². The number of nitrogens with one attached hydrogen (secondary N) is 2. The summed E-state index contributed by atoms with van der Waals surface area (Å²) >= 11 is 2.85. The van der Waals surface area contributed by atoms with E-state index in [4.69, 9.17) is 4.74 Å². The van der Waals surface area contributed by atoms with Crippen molar-refractivity contribution in [3.63, 3.8) is 0 Å². The van der Waals surface area contributed by atoms with Crippen molar-refractivity contribution in [2.45, 2.75) is 0 Å². The second-order valence-corrected chi connectivity index (χ2v) is 7.68. The predicted octanol–water partition coefficient (Wildman–Crippen LogP) is 5.65. The minimum Gasteiger partial charge on any atom is -0.453 e. The molecule has 0 spiro atoms. The number of methoxy groups -OCH3 is 1. The van der Waals surface area contributed by atoms with Crippen molar-refractivity contribution in [2.75, 3.05) is 17.9 Å². The Morgan fingerprint density at radius 2 is 2.00 bits per heavy atom. The molecule has 0 unspecified atom stereocenters. The van der Waals surface area contributed by atoms with E-state index in [1.807, 2.05) is 41.8 Å². The van der Waals surface area contributed by atoms with Gasteiger partial charge in [0.25, 0.3) is 0 Å². The van der Waals surface area contributed by atoms with Crippen LogP contribution in [0.3, 0.4) is 0 Å². The summed E-state index contributed by atoms with van der Waals surface area (Å²) in [5.74, 6) is 0. The van der Waals surface area contributed by atoms with Crippen LogP contribution in [0.5, 0.6) is 0 Å². The van der Waals surface area contributed by atoms with Gasteiger partial charge in [-0.3, -0.25) is 10.7 Å². The lowest BCUT2D eigenvalue weighted by Crippen LogP contribution is -2.10. The molecule has 28 heavy (non-hydrogen) atoms. The third-order valence-electron chi connectivity index (χ3n) is 3.97. The second-order valence-electron chi connectivity index (χ2n) is 5.73. The van der Waals surface area contributed by atoms with Gasteiger partial charge < -0.3 is 4.74 Å². The number of carbonyl (C=O) groups is 1. The molecule has 0 atom stereocenters. The summed E-state index contributed by atoms with van der Waals surface area (Å²) in [5, 5.41) is 12.5. The number of carbonyl (C=O) groups excluding carboxylic acids is 1. The highest BCUT2D eigenvalue weighted by atomic mass is 32.1. The highest BCUT2D eigenvalue weighted by molar-refractivity contribution is 7.21. The van der Waals surface area contributed by atoms with Gasteiger partial charge in [0.05, 0.1) is 18.2 Å². The maximum Gasteiger partial charge on any atom is 0.412 e. The average molecular weight is 409 g/mol. The smallest absolute Gasteiger partial charge is 0.412 e. The number of aromatic nitrogens is 1. The number of amides is 1. The largest absolute Gasteiger partial charge is 0.453 e. The quantitative estimate of drug-likeness (QED) is 0.330. The van der Waals surface area contributed by atoms with Crippen LogP contribution in [0.1, 0.15) is 5.56 Å². The Kier molecular flexibility index (Phi) is 5.31. The van der Waals surface area contributed by atoms with Gasteiger partial charge in [-0.05, 0) is 22.2 Å². The van der Waals surface area contributed by atoms with Crippen LogP contribution < -0.4 is 10.7 Å². The predicted molar refractivity (Wildman–Crippen MR) is 117 cm³/mol. The fraction of sp³-hybridized carbons (Fsp3) is 0.0500. The zero-order valence-electron chi connectivity index (χ0n) is 14.9. The Labute approximate surface area is 169 Å². The van der Waals surface area contributed by atoms with Crippen LogP contribution in [0.4, 0.5) is 14.9 Å². The first kappa shape index (κ1) is 18.1. The second kappa shape index (κ2) is 8.20. The molecule has 0 saturated carbocycles. The molecule has 0 fully saturated rings. The van der Waals surface area contributed by atoms with Gasteiger partial charge in [-0.2, -0.15) is 5.10 Å². The first-order chi connectivity index (χ1) is 13.7. The molecule has 0 aliphatic carbocycles. The van der Waals surface area contributed by atoms with Crippen molar-refractivity contribution in [1.29, 1.82) is 0 Å². The van der Waals surface area contributed by atoms with E-state index in [2.05, 4.69) is 39.0 Å². The summed E-state index contributed by atoms with van der Waals surface area (Å²) in [6, 6.07) is 18.1. The fourth-order valence-corrected chi connectivity index (χ4v) is 4.30. The Hall–Kier alpha value is -3.23. The molecule has 4 rings (SSSR count). The van der Waals surface area contributed by atoms with Crippen LogP contribution in [0.25, 0.3) is 21.3 Å². The van der Waals surface area contributed by atoms with Gasteiger partial charge in [-0.25, -0.2) is 9.78 Å². The minimum absolute atomic E-state index is 0.535. The zero-order chi connectivity index (χ0) is 19.3. The normalized spacial score (nSPS) is 11.0. The van der Waals surface area contributed by atoms with E-state index in [9.17, 15) is 4.79 Å². The maximum absolute atomic E-state index is 11.6. The lowest BCUT2D eigenvalue weighted by Gasteiger charge is -2.01. The fourth-order valence-electron chi connectivity index (χ4n) is 2.70. The molecule has 2 aromatic carbocycles. The highest BCUT2D eigenvalue weighted by Gasteiger charge is 2.16. The lowest BCUT2D eigenvalue weighted by molar-refractivity contribution is 0.187. The molecule has 140 valence electrons. The Morgan fingerprint density at radius 1 is 1.14 bits per heavy atom. The molecule has 0 bridgehead atoms. The van der Waals surface area contributed by atoms with Gasteiger partial charge in [0.15, 0.2) is 0 Å². The van der Waals surface area contributed by atoms with Crippen molar-refractivity contribution in [3.8, 4) is 10.6 Å². The summed E-state index contributed by atoms with van der Waals surface area (Å²) in [6.45, 7) is 0. The number of nitrogens with zero attached hydrogens (tertiary/aromatic N) is 2. The zero-order valence-corrected chi connectivity index (χ0v) is 16.5. The molecule has 0 aliphatic rings. The van der Waals surface area contributed by atoms with Gasteiger partial charge >= 0.3 is 6.09 Å². The van der Waals surface area contributed by atoms with E-state index in [-0.39, 0.29) is 0 Å². The average Bonchev–Trinajstić information content (AvgIpc) is 3.38. The number of hydrogen-bond donors (Lipinski definition) is 2. The summed E-state index contributed by atoms with van der Waals surface area (Å²) in [4.78, 5) is 17.2. The van der Waals surface area contributed by atoms with Crippen LogP contribution in [-0.2, 0) is 4.74 Å². The Balaban J connectivity index is 1.58. The Bertz CT molecular complexity index is 1130. The van der Waals surface area contributed by atoms with E-state index >= 15 is 0 Å². The summed E-state index contributed by atoms with van der Waals surface area (Å²) in [7, 11) is 1.33. The van der Waals surface area contributed by atoms with Crippen LogP contribution in [-0.4, -0.2) is 24.4 Å². The number of thiazole rings is 1. The first-order valence-corrected chi connectivity index (χ1v) is 10.1. The molecule has 2 heterocycles. The maximum atomic E-state index is 11.6. The van der Waals surface area contributed by atoms with Crippen molar-refractivity contribution in [3.05, 3.63) is 65.5 Å². The van der Waals surface area contributed by atoms with Crippen molar-refractivity contribution in [1.82, 2.24) is 4.98 Å². The van der Waals surface area contributed by atoms with Crippen molar-refractivity contribution in [2.24, 2.45) is 5.10 Å². The van der Waals surface area contributed by atoms with Gasteiger partial charge in [0.2, 0.25) is 5.13 Å². The van der Waals surface area contributed by atoms with Crippen LogP contribution in [0.2, 0.25) is 0 Å². The molecule has 8 heteroatoms. The van der Waals surface area contributed by atoms with E-state index in [0.717, 1.165) is 21.2 Å². The number of rotatable bonds is 5. The third kappa shape index (κ3) is 3.88. The molecule has 0 saturated heterocycles. The van der Waals surface area contributed by atoms with Crippen LogP contribution in [0, 0.1) is 0 Å². The number of ether oxygens (including phenoxy) is 1. The highest BCUT2D eigenvalue weighted by Crippen LogP contribution is 2.38. The Morgan fingerprint density at radius 3 is 2.82 bits per heavy atom. The molecule has 0 aliphatic heterocycles. The van der Waals surface area contributed by atoms with E-state index in [0.29, 0.717) is 15.8 Å². The number of thiophene rings is 1. The molecule has 6 nitrogen and oxygen atoms in total. The molecule has 2 aromatic heterocycles. The van der Waals surface area contributed by atoms with Gasteiger partial charge in [-0.15, -0.1) is 11.3 Å². The number of hydrazone groups is 1. The molecular formula is C20H16N4O2S2. The van der Waals surface area contributed by atoms with Crippen LogP contribution in [0.15, 0.2) is 65.1 Å². The number of benzene rings is 2. The molecule has 1 amide bonds. The summed E-state index contributed by atoms with van der Waals surface area (Å²) in [6.07, 6.45) is 1.23. The third-order valence-corrected chi connectivity index (χ3v) is 5.72. The lowest BCUT2D eigenvalue weighted by atomic mass is 10.1. The summed E-state index contributed by atoms with van der Waals surface area (Å²) in [5.41, 5.74) is 4.66. The van der Waals surface area contributed by atoms with Gasteiger partial charge in [-0.1, -0.05) is 59.9 Å². The molecule has 2 N–H and O–H groups in total. The topological polar surface area (TPSA) is 75.6 Å². The number of anilines is 2. The minimum atomic E-state index is -0.535. The number of hydrogen-bond acceptors (Lipinski definition) is 7. The van der Waals surface area contributed by atoms with Gasteiger partial charge in [0.1, 0.15) is 10.7 Å². The molecular weight excluding hydrogens is 392 g/mol. The first-order valence-electron chi connectivity index (χ1n) is 8.41. The number of fused-ring (bicyclic) bond motifs is 1. The summed E-state index contributed by atoms with van der Waals surface area (Å²) < 4.78 is 4.70. The SMILES string of the molecule is COC(=O)Nc1sc(N/N=C/c2cccc3ccccc23)nc1-c1cccs1. The molecule has 0 radical (unpaired) electrons. The van der Waals surface area contributed by atoms with Gasteiger partial charge in [0, 0.05) is 5.56 Å². The van der Waals surface area contributed by atoms with E-state index < -0.39 is 6.09 Å². The van der Waals surface area contributed by atoms with Crippen LogP contribution >= 0.6 is 22.7 Å². The standard InChI is InChI=1S/C20H16N4O2S2/c1-26-20(25)23-18-17(16-10-5-11-27-16)22-19(28-18)24-21-12-14-8-4-7-13-6-2-3-9-15(13)14/h2-12H,1H3,(H,22,24)(H,23,25)/b21-12+. The molecule has 4 aromatic rings. The van der Waals surface area contributed by atoms with E-state index in [1.54, 1.807) is 17.6 Å². The van der Waals surface area contributed by atoms with Crippen molar-refractivity contribution < 1.29 is 9.53 Å². The van der Waals surface area contributed by atoms with Crippen molar-refractivity contribution >= 4 is 55.9 Å².